The summed E-state index contributed by atoms with van der Waals surface area (Å²) in [6.45, 7) is 4.42. The van der Waals surface area contributed by atoms with E-state index in [0.717, 1.165) is 0 Å². The summed E-state index contributed by atoms with van der Waals surface area (Å²) >= 11 is 0. The first-order valence-corrected chi connectivity index (χ1v) is 7.07. The molecule has 0 aliphatic heterocycles. The Morgan fingerprint density at radius 2 is 1.35 bits per heavy atom. The predicted octanol–water partition coefficient (Wildman–Crippen LogP) is 4.86. The van der Waals surface area contributed by atoms with Crippen LogP contribution in [0.3, 0.4) is 0 Å². The molecule has 1 aliphatic carbocycles. The minimum atomic E-state index is 1.30. The fraction of sp³-hybridized carbons (Fsp3) is 0.100. The molecule has 0 bridgehead atoms. The fourth-order valence-electron chi connectivity index (χ4n) is 3.22. The van der Waals surface area contributed by atoms with Crippen molar-refractivity contribution in [2.45, 2.75) is 13.8 Å². The SMILES string of the molecule is Cc1ccc2c(c1C)=c1cccc(-c3ccccc3)c1=2. The van der Waals surface area contributed by atoms with E-state index in [1.165, 1.54) is 43.1 Å². The molecule has 1 aliphatic rings. The van der Waals surface area contributed by atoms with E-state index in [1.54, 1.807) is 0 Å². The van der Waals surface area contributed by atoms with Gasteiger partial charge in [0.15, 0.2) is 0 Å². The highest BCUT2D eigenvalue weighted by Gasteiger charge is 2.10. The second-order valence-corrected chi connectivity index (χ2v) is 5.52. The van der Waals surface area contributed by atoms with E-state index in [4.69, 9.17) is 0 Å². The number of rotatable bonds is 1. The van der Waals surface area contributed by atoms with Gasteiger partial charge in [0.05, 0.1) is 0 Å². The van der Waals surface area contributed by atoms with Crippen molar-refractivity contribution in [2.75, 3.05) is 0 Å². The van der Waals surface area contributed by atoms with E-state index in [2.05, 4.69) is 74.5 Å². The second kappa shape index (κ2) is 4.08. The summed E-state index contributed by atoms with van der Waals surface area (Å²) < 4.78 is 0. The number of fused-ring (bicyclic) bond motifs is 2. The van der Waals surface area contributed by atoms with Crippen LogP contribution in [0.4, 0.5) is 0 Å². The second-order valence-electron chi connectivity index (χ2n) is 5.52. The Bertz CT molecular complexity index is 996. The van der Waals surface area contributed by atoms with Gasteiger partial charge >= 0.3 is 0 Å². The summed E-state index contributed by atoms with van der Waals surface area (Å²) in [6.07, 6.45) is 0. The lowest BCUT2D eigenvalue weighted by atomic mass is 9.90. The van der Waals surface area contributed by atoms with Crippen molar-refractivity contribution in [2.24, 2.45) is 0 Å². The van der Waals surface area contributed by atoms with Crippen LogP contribution in [0.15, 0.2) is 60.7 Å². The molecule has 0 fully saturated rings. The predicted molar refractivity (Wildman–Crippen MR) is 83.1 cm³/mol. The largest absolute Gasteiger partial charge is 0.0622 e. The lowest BCUT2D eigenvalue weighted by molar-refractivity contribution is 1.20. The molecule has 0 heteroatoms. The maximum absolute atomic E-state index is 2.27. The molecule has 3 aromatic rings. The molecule has 0 saturated carbocycles. The quantitative estimate of drug-likeness (QED) is 0.456. The summed E-state index contributed by atoms with van der Waals surface area (Å²) in [4.78, 5) is 0. The molecule has 96 valence electrons. The Morgan fingerprint density at radius 3 is 2.15 bits per heavy atom. The summed E-state index contributed by atoms with van der Waals surface area (Å²) in [6, 6.07) is 21.8. The zero-order valence-corrected chi connectivity index (χ0v) is 11.8. The van der Waals surface area contributed by atoms with Crippen molar-refractivity contribution >= 4 is 0 Å². The van der Waals surface area contributed by atoms with E-state index in [1.807, 2.05) is 0 Å². The molecule has 0 spiro atoms. The van der Waals surface area contributed by atoms with E-state index in [-0.39, 0.29) is 0 Å². The van der Waals surface area contributed by atoms with Gasteiger partial charge < -0.3 is 0 Å². The van der Waals surface area contributed by atoms with Gasteiger partial charge in [0.25, 0.3) is 0 Å². The minimum Gasteiger partial charge on any atom is -0.0622 e. The topological polar surface area (TPSA) is 0 Å². The smallest absolute Gasteiger partial charge is 0.00202 e. The van der Waals surface area contributed by atoms with Gasteiger partial charge in [-0.05, 0) is 57.0 Å². The highest BCUT2D eigenvalue weighted by molar-refractivity contribution is 5.66. The van der Waals surface area contributed by atoms with Crippen LogP contribution in [0, 0.1) is 34.7 Å². The molecule has 0 amide bonds. The lowest BCUT2D eigenvalue weighted by Crippen LogP contribution is -1.98. The van der Waals surface area contributed by atoms with Crippen molar-refractivity contribution in [3.05, 3.63) is 92.7 Å². The van der Waals surface area contributed by atoms with Crippen molar-refractivity contribution in [1.82, 2.24) is 0 Å². The van der Waals surface area contributed by atoms with Gasteiger partial charge in [-0.3, -0.25) is 0 Å². The van der Waals surface area contributed by atoms with Crippen LogP contribution in [0.25, 0.3) is 11.1 Å². The number of hydrogen-bond donors (Lipinski definition) is 0. The van der Waals surface area contributed by atoms with E-state index in [9.17, 15) is 0 Å². The van der Waals surface area contributed by atoms with Crippen molar-refractivity contribution in [3.8, 4) is 11.1 Å². The minimum absolute atomic E-state index is 1.30. The average molecular weight is 256 g/mol. The molecule has 20 heavy (non-hydrogen) atoms. The summed E-state index contributed by atoms with van der Waals surface area (Å²) in [5.41, 5.74) is 5.44. The van der Waals surface area contributed by atoms with E-state index < -0.39 is 0 Å². The molecule has 0 heterocycles. The van der Waals surface area contributed by atoms with Gasteiger partial charge in [-0.25, -0.2) is 0 Å². The van der Waals surface area contributed by atoms with Crippen LogP contribution in [-0.2, 0) is 0 Å². The van der Waals surface area contributed by atoms with Crippen molar-refractivity contribution in [3.63, 3.8) is 0 Å². The van der Waals surface area contributed by atoms with Crippen molar-refractivity contribution in [1.29, 1.82) is 0 Å². The normalized spacial score (nSPS) is 11.5. The molecule has 0 nitrogen and oxygen atoms in total. The zero-order valence-electron chi connectivity index (χ0n) is 11.8. The third-order valence-corrected chi connectivity index (χ3v) is 4.42. The van der Waals surface area contributed by atoms with Gasteiger partial charge in [-0.1, -0.05) is 60.7 Å². The van der Waals surface area contributed by atoms with Crippen LogP contribution in [0.2, 0.25) is 0 Å². The summed E-state index contributed by atoms with van der Waals surface area (Å²) in [5.74, 6) is 0. The van der Waals surface area contributed by atoms with Gasteiger partial charge in [-0.15, -0.1) is 0 Å². The monoisotopic (exact) mass is 256 g/mol. The van der Waals surface area contributed by atoms with Crippen LogP contribution in [0.5, 0.6) is 0 Å². The summed E-state index contributed by atoms with van der Waals surface area (Å²) in [5, 5.41) is 5.67. The number of aryl methyl sites for hydroxylation is 1. The molecule has 4 rings (SSSR count). The molecular formula is C20H16. The molecule has 3 aromatic carbocycles. The summed E-state index contributed by atoms with van der Waals surface area (Å²) in [7, 11) is 0. The molecule has 0 radical (unpaired) electrons. The highest BCUT2D eigenvalue weighted by atomic mass is 14.1. The Morgan fingerprint density at radius 1 is 0.600 bits per heavy atom. The van der Waals surface area contributed by atoms with Gasteiger partial charge in [-0.2, -0.15) is 0 Å². The van der Waals surface area contributed by atoms with Crippen LogP contribution in [0.1, 0.15) is 11.1 Å². The lowest BCUT2D eigenvalue weighted by Gasteiger charge is -2.13. The number of hydrogen-bond acceptors (Lipinski definition) is 0. The average Bonchev–Trinajstić information content (AvgIpc) is 2.47. The fourth-order valence-corrected chi connectivity index (χ4v) is 3.22. The zero-order chi connectivity index (χ0) is 13.7. The first-order valence-electron chi connectivity index (χ1n) is 7.07. The third-order valence-electron chi connectivity index (χ3n) is 4.42. The van der Waals surface area contributed by atoms with Gasteiger partial charge in [0.2, 0.25) is 0 Å². The van der Waals surface area contributed by atoms with Crippen LogP contribution in [-0.4, -0.2) is 0 Å². The molecule has 0 saturated heterocycles. The number of benzene rings is 3. The van der Waals surface area contributed by atoms with Gasteiger partial charge in [0, 0.05) is 0 Å². The maximum Gasteiger partial charge on any atom is -0.00202 e. The molecule has 0 atom stereocenters. The highest BCUT2D eigenvalue weighted by Crippen LogP contribution is 2.27. The Balaban J connectivity index is 2.17. The molecular weight excluding hydrogens is 240 g/mol. The van der Waals surface area contributed by atoms with Crippen LogP contribution < -0.4 is 0 Å². The Kier molecular flexibility index (Phi) is 2.34. The molecule has 0 N–H and O–H groups in total. The molecule has 0 unspecified atom stereocenters. The first-order chi connectivity index (χ1) is 9.77. The van der Waals surface area contributed by atoms with Gasteiger partial charge in [0.1, 0.15) is 0 Å². The van der Waals surface area contributed by atoms with Crippen LogP contribution >= 0.6 is 0 Å². The first kappa shape index (κ1) is 11.5. The maximum atomic E-state index is 2.27. The standard InChI is InChI=1S/C20H16/c1-13-11-12-18-19(14(13)2)17-10-6-9-16(20(17)18)15-7-4-3-5-8-15/h3-12H,1-2H3. The Labute approximate surface area is 118 Å². The van der Waals surface area contributed by atoms with E-state index >= 15 is 0 Å². The Hall–Kier alpha value is -2.34. The van der Waals surface area contributed by atoms with E-state index in [0.29, 0.717) is 0 Å². The van der Waals surface area contributed by atoms with Crippen molar-refractivity contribution < 1.29 is 0 Å². The molecule has 0 aromatic heterocycles. The third kappa shape index (κ3) is 1.42.